The number of carbonyl (C=O) groups is 1. The number of nitrogens with zero attached hydrogens (tertiary/aromatic N) is 2. The molecule has 5 nitrogen and oxygen atoms in total. The number of hydrogen-bond acceptors (Lipinski definition) is 4. The van der Waals surface area contributed by atoms with Crippen molar-refractivity contribution in [3.05, 3.63) is 0 Å². The lowest BCUT2D eigenvalue weighted by Gasteiger charge is -2.04. The average molecular weight is 254 g/mol. The number of nitrogens with two attached hydrogens (primary N) is 1. The van der Waals surface area contributed by atoms with E-state index < -0.39 is 0 Å². The topological polar surface area (TPSA) is 79.8 Å². The Bertz CT molecular complexity index is 274. The molecule has 0 saturated heterocycles. The molecule has 0 aliphatic heterocycles. The molecule has 0 aromatic rings. The average Bonchev–Trinajstić information content (AvgIpc) is 2.39. The van der Waals surface area contributed by atoms with Crippen molar-refractivity contribution in [1.29, 1.82) is 0 Å². The number of aliphatic imine (C=N–C) groups is 1. The monoisotopic (exact) mass is 254 g/mol. The minimum Gasteiger partial charge on any atom is -0.350 e. The molecule has 0 aromatic heterocycles. The summed E-state index contributed by atoms with van der Waals surface area (Å²) in [6, 6.07) is 0. The second-order valence-corrected chi connectivity index (χ2v) is 4.19. The van der Waals surface area contributed by atoms with Crippen molar-refractivity contribution in [2.24, 2.45) is 15.9 Å². The van der Waals surface area contributed by atoms with Crippen LogP contribution in [0, 0.1) is 0 Å². The van der Waals surface area contributed by atoms with Gasteiger partial charge >= 0.3 is 0 Å². The van der Waals surface area contributed by atoms with Gasteiger partial charge in [0, 0.05) is 19.2 Å². The molecule has 0 fully saturated rings. The fraction of sp³-hybridized carbons (Fsp3) is 0.769. The van der Waals surface area contributed by atoms with Crippen molar-refractivity contribution in [2.45, 2.75) is 52.4 Å². The van der Waals surface area contributed by atoms with E-state index in [0.717, 1.165) is 12.8 Å². The van der Waals surface area contributed by atoms with E-state index in [9.17, 15) is 4.79 Å². The Hall–Kier alpha value is -1.39. The van der Waals surface area contributed by atoms with Gasteiger partial charge < -0.3 is 11.2 Å². The van der Waals surface area contributed by atoms with Crippen LogP contribution >= 0.6 is 0 Å². The van der Waals surface area contributed by atoms with Crippen LogP contribution in [0.15, 0.2) is 10.1 Å². The van der Waals surface area contributed by atoms with E-state index in [1.807, 2.05) is 6.92 Å². The zero-order valence-electron chi connectivity index (χ0n) is 11.6. The summed E-state index contributed by atoms with van der Waals surface area (Å²) in [5.41, 5.74) is 0.594. The Morgan fingerprint density at radius 3 is 2.56 bits per heavy atom. The number of carbonyl (C=O) groups excluding carboxylic acids is 1. The van der Waals surface area contributed by atoms with Crippen molar-refractivity contribution in [3.8, 4) is 0 Å². The summed E-state index contributed by atoms with van der Waals surface area (Å²) in [5, 5.41) is 6.36. The number of hydrazone groups is 1. The Balaban J connectivity index is 3.65. The summed E-state index contributed by atoms with van der Waals surface area (Å²) in [6.07, 6.45) is 7.93. The van der Waals surface area contributed by atoms with Crippen LogP contribution < -0.4 is 11.2 Å². The first-order valence-corrected chi connectivity index (χ1v) is 6.77. The highest BCUT2D eigenvalue weighted by Crippen LogP contribution is 2.04. The lowest BCUT2D eigenvalue weighted by atomic mass is 10.1. The molecule has 0 spiro atoms. The number of rotatable bonds is 10. The van der Waals surface area contributed by atoms with Crippen LogP contribution in [-0.2, 0) is 4.79 Å². The fourth-order valence-electron chi connectivity index (χ4n) is 1.49. The molecule has 18 heavy (non-hydrogen) atoms. The smallest absolute Gasteiger partial charge is 0.220 e. The summed E-state index contributed by atoms with van der Waals surface area (Å²) < 4.78 is 0. The highest BCUT2D eigenvalue weighted by molar-refractivity contribution is 6.31. The van der Waals surface area contributed by atoms with E-state index in [4.69, 9.17) is 5.84 Å². The molecule has 5 heteroatoms. The van der Waals surface area contributed by atoms with E-state index in [1.54, 1.807) is 6.21 Å². The SMILES string of the molecule is CCCCCCCC(=O)NC/C(C=NCC)=N/N. The van der Waals surface area contributed by atoms with Gasteiger partial charge in [0.2, 0.25) is 5.91 Å². The van der Waals surface area contributed by atoms with Gasteiger partial charge in [-0.05, 0) is 13.3 Å². The molecular weight excluding hydrogens is 228 g/mol. The van der Waals surface area contributed by atoms with Crippen LogP contribution in [0.2, 0.25) is 0 Å². The summed E-state index contributed by atoms with van der Waals surface area (Å²) >= 11 is 0. The number of nitrogens with one attached hydrogen (secondary N) is 1. The maximum Gasteiger partial charge on any atom is 0.220 e. The first-order valence-electron chi connectivity index (χ1n) is 6.77. The number of amides is 1. The highest BCUT2D eigenvalue weighted by Gasteiger charge is 2.02. The first kappa shape index (κ1) is 16.6. The minimum absolute atomic E-state index is 0.0533. The molecular formula is C13H26N4O. The molecule has 3 N–H and O–H groups in total. The van der Waals surface area contributed by atoms with E-state index in [-0.39, 0.29) is 5.91 Å². The predicted octanol–water partition coefficient (Wildman–Crippen LogP) is 1.87. The van der Waals surface area contributed by atoms with Crippen LogP contribution in [0.25, 0.3) is 0 Å². The van der Waals surface area contributed by atoms with Crippen LogP contribution in [-0.4, -0.2) is 30.9 Å². The predicted molar refractivity (Wildman–Crippen MR) is 77.0 cm³/mol. The summed E-state index contributed by atoms with van der Waals surface area (Å²) in [6.45, 7) is 5.15. The lowest BCUT2D eigenvalue weighted by Crippen LogP contribution is -2.30. The van der Waals surface area contributed by atoms with Crippen LogP contribution in [0.5, 0.6) is 0 Å². The van der Waals surface area contributed by atoms with E-state index in [2.05, 4.69) is 22.3 Å². The maximum absolute atomic E-state index is 11.5. The second kappa shape index (κ2) is 12.1. The quantitative estimate of drug-likeness (QED) is 0.270. The standard InChI is InChI=1S/C13H26N4O/c1-3-5-6-7-8-9-13(18)16-11-12(17-14)10-15-4-2/h10H,3-9,11,14H2,1-2H3,(H,16,18)/b15-10?,17-12+. The van der Waals surface area contributed by atoms with Crippen molar-refractivity contribution in [3.63, 3.8) is 0 Å². The molecule has 0 aliphatic rings. The second-order valence-electron chi connectivity index (χ2n) is 4.19. The maximum atomic E-state index is 11.5. The van der Waals surface area contributed by atoms with Crippen molar-refractivity contribution < 1.29 is 4.79 Å². The Labute approximate surface area is 110 Å². The molecule has 1 amide bonds. The third-order valence-electron chi connectivity index (χ3n) is 2.56. The summed E-state index contributed by atoms with van der Waals surface area (Å²) in [5.74, 6) is 5.25. The molecule has 0 unspecified atom stereocenters. The molecule has 0 saturated carbocycles. The molecule has 0 aliphatic carbocycles. The van der Waals surface area contributed by atoms with Gasteiger partial charge in [-0.25, -0.2) is 0 Å². The van der Waals surface area contributed by atoms with Crippen molar-refractivity contribution in [1.82, 2.24) is 5.32 Å². The number of hydrogen-bond donors (Lipinski definition) is 2. The highest BCUT2D eigenvalue weighted by atomic mass is 16.1. The zero-order valence-corrected chi connectivity index (χ0v) is 11.6. The van der Waals surface area contributed by atoms with Gasteiger partial charge in [-0.3, -0.25) is 9.79 Å². The van der Waals surface area contributed by atoms with E-state index in [1.165, 1.54) is 19.3 Å². The van der Waals surface area contributed by atoms with Crippen molar-refractivity contribution >= 4 is 17.8 Å². The third kappa shape index (κ3) is 9.81. The van der Waals surface area contributed by atoms with Gasteiger partial charge in [-0.15, -0.1) is 0 Å². The van der Waals surface area contributed by atoms with Gasteiger partial charge in [0.25, 0.3) is 0 Å². The normalized spacial score (nSPS) is 12.0. The van der Waals surface area contributed by atoms with Crippen LogP contribution in [0.3, 0.4) is 0 Å². The van der Waals surface area contributed by atoms with Gasteiger partial charge in [-0.2, -0.15) is 5.10 Å². The minimum atomic E-state index is 0.0533. The van der Waals surface area contributed by atoms with Gasteiger partial charge in [0.15, 0.2) is 0 Å². The fourth-order valence-corrected chi connectivity index (χ4v) is 1.49. The lowest BCUT2D eigenvalue weighted by molar-refractivity contribution is -0.120. The molecule has 0 aromatic carbocycles. The molecule has 0 atom stereocenters. The Morgan fingerprint density at radius 1 is 1.22 bits per heavy atom. The molecule has 0 bridgehead atoms. The first-order chi connectivity index (χ1) is 8.74. The van der Waals surface area contributed by atoms with Crippen LogP contribution in [0.4, 0.5) is 0 Å². The molecule has 0 radical (unpaired) electrons. The summed E-state index contributed by atoms with van der Waals surface area (Å²) in [7, 11) is 0. The Morgan fingerprint density at radius 2 is 1.94 bits per heavy atom. The van der Waals surface area contributed by atoms with Crippen molar-refractivity contribution in [2.75, 3.05) is 13.1 Å². The van der Waals surface area contributed by atoms with Gasteiger partial charge in [-0.1, -0.05) is 32.6 Å². The largest absolute Gasteiger partial charge is 0.350 e. The van der Waals surface area contributed by atoms with Gasteiger partial charge in [0.05, 0.1) is 12.3 Å². The number of unbranched alkanes of at least 4 members (excludes halogenated alkanes) is 4. The van der Waals surface area contributed by atoms with E-state index in [0.29, 0.717) is 25.2 Å². The summed E-state index contributed by atoms with van der Waals surface area (Å²) in [4.78, 5) is 15.5. The molecule has 0 heterocycles. The zero-order chi connectivity index (χ0) is 13.6. The van der Waals surface area contributed by atoms with Crippen LogP contribution in [0.1, 0.15) is 52.4 Å². The Kier molecular flexibility index (Phi) is 11.1. The third-order valence-corrected chi connectivity index (χ3v) is 2.56. The van der Waals surface area contributed by atoms with Gasteiger partial charge in [0.1, 0.15) is 0 Å². The molecule has 0 rings (SSSR count). The molecule has 104 valence electrons. The van der Waals surface area contributed by atoms with E-state index >= 15 is 0 Å².